The van der Waals surface area contributed by atoms with Gasteiger partial charge in [0.2, 0.25) is 0 Å². The first kappa shape index (κ1) is 31.2. The standard InChI is InChI=1S/C35H26BrN3O5S2/c1-3-43-34(41)30-31(21-10-5-4-6-11-21)38-35-39(32(30)28-14-9-15-45-28)33(40)29(46-35)17-24-16-26(42-2)27(18-25(24)36)44-20-23-13-8-7-12-22(23)19-37/h4-18,32H,3,20H2,1-2H3/b29-17+. The van der Waals surface area contributed by atoms with E-state index in [0.717, 1.165) is 16.0 Å². The molecule has 3 heterocycles. The number of thiophene rings is 1. The van der Waals surface area contributed by atoms with E-state index in [9.17, 15) is 14.9 Å². The van der Waals surface area contributed by atoms with E-state index in [1.807, 2.05) is 60.0 Å². The number of nitriles is 1. The maximum atomic E-state index is 14.2. The van der Waals surface area contributed by atoms with Crippen LogP contribution in [-0.2, 0) is 16.1 Å². The lowest BCUT2D eigenvalue weighted by Crippen LogP contribution is -2.39. The van der Waals surface area contributed by atoms with Crippen LogP contribution in [0.25, 0.3) is 11.8 Å². The Hall–Kier alpha value is -4.76. The van der Waals surface area contributed by atoms with Crippen molar-refractivity contribution in [2.75, 3.05) is 13.7 Å². The van der Waals surface area contributed by atoms with Crippen molar-refractivity contribution in [1.29, 1.82) is 5.26 Å². The zero-order valence-corrected chi connectivity index (χ0v) is 27.9. The van der Waals surface area contributed by atoms with E-state index in [0.29, 0.717) is 47.7 Å². The first-order chi connectivity index (χ1) is 22.4. The number of ether oxygens (including phenoxy) is 3. The second-order valence-corrected chi connectivity index (χ2v) is 12.9. The summed E-state index contributed by atoms with van der Waals surface area (Å²) in [5.74, 6) is 0.423. The van der Waals surface area contributed by atoms with E-state index in [1.54, 1.807) is 48.9 Å². The number of rotatable bonds is 9. The van der Waals surface area contributed by atoms with Crippen LogP contribution >= 0.6 is 38.6 Å². The number of halogens is 1. The Balaban J connectivity index is 1.47. The summed E-state index contributed by atoms with van der Waals surface area (Å²) in [5.41, 5.74) is 3.25. The number of hydrogen-bond acceptors (Lipinski definition) is 9. The molecule has 0 N–H and O–H groups in total. The smallest absolute Gasteiger partial charge is 0.338 e. The SMILES string of the molecule is CCOC(=O)C1=C(c2ccccc2)N=c2s/c(=C/c3cc(OC)c(OCc4ccccc4C#N)cc3Br)c(=O)n2C1c1cccs1. The van der Waals surface area contributed by atoms with Gasteiger partial charge in [-0.15, -0.1) is 11.3 Å². The fourth-order valence-electron chi connectivity index (χ4n) is 5.14. The predicted molar refractivity (Wildman–Crippen MR) is 182 cm³/mol. The molecular formula is C35H26BrN3O5S2. The number of carbonyl (C=O) groups excluding carboxylic acids is 1. The molecule has 1 aliphatic rings. The van der Waals surface area contributed by atoms with Crippen LogP contribution in [0, 0.1) is 11.3 Å². The highest BCUT2D eigenvalue weighted by Crippen LogP contribution is 2.37. The molecule has 11 heteroatoms. The largest absolute Gasteiger partial charge is 0.493 e. The summed E-state index contributed by atoms with van der Waals surface area (Å²) in [6.45, 7) is 2.12. The molecule has 0 amide bonds. The zero-order chi connectivity index (χ0) is 32.2. The highest BCUT2D eigenvalue weighted by Gasteiger charge is 2.35. The van der Waals surface area contributed by atoms with Gasteiger partial charge in [-0.25, -0.2) is 9.79 Å². The van der Waals surface area contributed by atoms with E-state index < -0.39 is 12.0 Å². The second kappa shape index (κ2) is 13.7. The van der Waals surface area contributed by atoms with Crippen molar-refractivity contribution in [3.63, 3.8) is 0 Å². The summed E-state index contributed by atoms with van der Waals surface area (Å²) in [6, 6.07) is 25.5. The number of nitrogens with zero attached hydrogens (tertiary/aromatic N) is 3. The molecule has 46 heavy (non-hydrogen) atoms. The molecule has 5 aromatic rings. The molecule has 1 aliphatic heterocycles. The number of methoxy groups -OCH3 is 1. The van der Waals surface area contributed by atoms with Gasteiger partial charge in [-0.05, 0) is 48.2 Å². The molecule has 0 saturated carbocycles. The molecule has 1 unspecified atom stereocenters. The topological polar surface area (TPSA) is 103 Å². The number of hydrogen-bond donors (Lipinski definition) is 0. The van der Waals surface area contributed by atoms with Crippen molar-refractivity contribution in [3.05, 3.63) is 141 Å². The highest BCUT2D eigenvalue weighted by atomic mass is 79.9. The molecule has 0 bridgehead atoms. The van der Waals surface area contributed by atoms with Crippen LogP contribution < -0.4 is 24.4 Å². The summed E-state index contributed by atoms with van der Waals surface area (Å²) in [4.78, 5) is 33.9. The summed E-state index contributed by atoms with van der Waals surface area (Å²) >= 11 is 6.34. The Kier molecular flexibility index (Phi) is 9.30. The maximum Gasteiger partial charge on any atom is 0.338 e. The van der Waals surface area contributed by atoms with Crippen LogP contribution in [0.15, 0.2) is 104 Å². The molecule has 3 aromatic carbocycles. The van der Waals surface area contributed by atoms with Gasteiger partial charge in [-0.2, -0.15) is 5.26 Å². The molecule has 0 aliphatic carbocycles. The monoisotopic (exact) mass is 711 g/mol. The third-order valence-electron chi connectivity index (χ3n) is 7.28. The normalized spacial score (nSPS) is 14.3. The van der Waals surface area contributed by atoms with Crippen LogP contribution in [0.3, 0.4) is 0 Å². The molecule has 6 rings (SSSR count). The third-order valence-corrected chi connectivity index (χ3v) is 9.87. The van der Waals surface area contributed by atoms with Crippen molar-refractivity contribution in [2.24, 2.45) is 4.99 Å². The van der Waals surface area contributed by atoms with Crippen LogP contribution in [0.2, 0.25) is 0 Å². The molecule has 0 saturated heterocycles. The molecule has 0 spiro atoms. The lowest BCUT2D eigenvalue weighted by atomic mass is 9.97. The highest BCUT2D eigenvalue weighted by molar-refractivity contribution is 9.10. The van der Waals surface area contributed by atoms with Gasteiger partial charge in [0.1, 0.15) is 12.6 Å². The van der Waals surface area contributed by atoms with Gasteiger partial charge in [-0.1, -0.05) is 81.9 Å². The minimum atomic E-state index is -0.710. The summed E-state index contributed by atoms with van der Waals surface area (Å²) in [7, 11) is 1.54. The molecule has 1 atom stereocenters. The van der Waals surface area contributed by atoms with E-state index >= 15 is 0 Å². The van der Waals surface area contributed by atoms with Crippen LogP contribution in [0.5, 0.6) is 11.5 Å². The first-order valence-corrected chi connectivity index (χ1v) is 16.7. The lowest BCUT2D eigenvalue weighted by Gasteiger charge is -2.24. The van der Waals surface area contributed by atoms with Crippen LogP contribution in [-0.4, -0.2) is 24.3 Å². The van der Waals surface area contributed by atoms with Gasteiger partial charge in [0, 0.05) is 20.5 Å². The van der Waals surface area contributed by atoms with E-state index in [4.69, 9.17) is 19.2 Å². The Bertz CT molecular complexity index is 2180. The maximum absolute atomic E-state index is 14.2. The average molecular weight is 713 g/mol. The minimum absolute atomic E-state index is 0.180. The second-order valence-electron chi connectivity index (χ2n) is 10.0. The Morgan fingerprint density at radius 1 is 1.09 bits per heavy atom. The number of fused-ring (bicyclic) bond motifs is 1. The molecule has 2 aromatic heterocycles. The quantitative estimate of drug-likeness (QED) is 0.168. The van der Waals surface area contributed by atoms with Gasteiger partial charge in [0.25, 0.3) is 5.56 Å². The molecule has 0 fully saturated rings. The van der Waals surface area contributed by atoms with Gasteiger partial charge in [0.15, 0.2) is 16.3 Å². The number of carbonyl (C=O) groups is 1. The molecule has 8 nitrogen and oxygen atoms in total. The first-order valence-electron chi connectivity index (χ1n) is 14.2. The van der Waals surface area contributed by atoms with Crippen molar-refractivity contribution < 1.29 is 19.0 Å². The fraction of sp³-hybridized carbons (Fsp3) is 0.143. The Morgan fingerprint density at radius 3 is 2.59 bits per heavy atom. The molecule has 0 radical (unpaired) electrons. The van der Waals surface area contributed by atoms with Crippen molar-refractivity contribution in [3.8, 4) is 17.6 Å². The fourth-order valence-corrected chi connectivity index (χ4v) is 7.39. The van der Waals surface area contributed by atoms with E-state index in [-0.39, 0.29) is 18.8 Å². The van der Waals surface area contributed by atoms with Gasteiger partial charge in [-0.3, -0.25) is 9.36 Å². The number of esters is 1. The number of benzene rings is 3. The zero-order valence-electron chi connectivity index (χ0n) is 24.7. The number of aromatic nitrogens is 1. The van der Waals surface area contributed by atoms with Crippen LogP contribution in [0.4, 0.5) is 0 Å². The Morgan fingerprint density at radius 2 is 1.87 bits per heavy atom. The summed E-state index contributed by atoms with van der Waals surface area (Å²) in [6.07, 6.45) is 1.77. The van der Waals surface area contributed by atoms with Gasteiger partial charge in [0.05, 0.1) is 41.2 Å². The number of thiazole rings is 1. The van der Waals surface area contributed by atoms with Crippen LogP contribution in [0.1, 0.15) is 40.1 Å². The predicted octanol–water partition coefficient (Wildman–Crippen LogP) is 6.22. The summed E-state index contributed by atoms with van der Waals surface area (Å²) in [5, 5.41) is 11.3. The average Bonchev–Trinajstić information content (AvgIpc) is 3.72. The Labute approximate surface area is 280 Å². The van der Waals surface area contributed by atoms with Crippen molar-refractivity contribution in [2.45, 2.75) is 19.6 Å². The lowest BCUT2D eigenvalue weighted by molar-refractivity contribution is -0.138. The minimum Gasteiger partial charge on any atom is -0.493 e. The van der Waals surface area contributed by atoms with Gasteiger partial charge < -0.3 is 14.2 Å². The van der Waals surface area contributed by atoms with Crippen molar-refractivity contribution in [1.82, 2.24) is 4.57 Å². The third kappa shape index (κ3) is 6.07. The van der Waals surface area contributed by atoms with Gasteiger partial charge >= 0.3 is 5.97 Å². The molecular weight excluding hydrogens is 686 g/mol. The van der Waals surface area contributed by atoms with E-state index in [1.165, 1.54) is 22.7 Å². The van der Waals surface area contributed by atoms with E-state index in [2.05, 4.69) is 22.0 Å². The summed E-state index contributed by atoms with van der Waals surface area (Å²) < 4.78 is 19.9. The molecule has 230 valence electrons. The van der Waals surface area contributed by atoms with Crippen molar-refractivity contribution >= 4 is 56.3 Å².